The second-order valence-corrected chi connectivity index (χ2v) is 5.10. The van der Waals surface area contributed by atoms with E-state index in [0.717, 1.165) is 41.5 Å². The molecule has 2 heterocycles. The van der Waals surface area contributed by atoms with Gasteiger partial charge in [0.15, 0.2) is 5.69 Å². The number of amides is 1. The molecule has 0 spiro atoms. The SMILES string of the molecule is O=C(Nn1cc(Br)cn1)c1noc2c1CCCC2. The van der Waals surface area contributed by atoms with Crippen molar-refractivity contribution < 1.29 is 9.32 Å². The monoisotopic (exact) mass is 310 g/mol. The van der Waals surface area contributed by atoms with Crippen LogP contribution in [0.25, 0.3) is 0 Å². The van der Waals surface area contributed by atoms with Crippen molar-refractivity contribution in [1.29, 1.82) is 0 Å². The fourth-order valence-electron chi connectivity index (χ4n) is 2.08. The summed E-state index contributed by atoms with van der Waals surface area (Å²) < 4.78 is 6.00. The van der Waals surface area contributed by atoms with Gasteiger partial charge in [-0.25, -0.2) is 5.43 Å². The van der Waals surface area contributed by atoms with Gasteiger partial charge < -0.3 is 4.52 Å². The number of rotatable bonds is 2. The molecule has 2 aromatic heterocycles. The average molecular weight is 311 g/mol. The fraction of sp³-hybridized carbons (Fsp3) is 0.364. The van der Waals surface area contributed by atoms with Crippen LogP contribution in [0.15, 0.2) is 21.4 Å². The van der Waals surface area contributed by atoms with Crippen molar-refractivity contribution in [2.45, 2.75) is 25.7 Å². The van der Waals surface area contributed by atoms with Gasteiger partial charge in [0.25, 0.3) is 5.91 Å². The van der Waals surface area contributed by atoms with E-state index in [1.165, 1.54) is 4.79 Å². The molecule has 94 valence electrons. The van der Waals surface area contributed by atoms with Gasteiger partial charge in [-0.2, -0.15) is 9.89 Å². The van der Waals surface area contributed by atoms with Crippen molar-refractivity contribution in [2.24, 2.45) is 0 Å². The molecule has 0 unspecified atom stereocenters. The number of aromatic nitrogens is 3. The van der Waals surface area contributed by atoms with Crippen LogP contribution >= 0.6 is 15.9 Å². The van der Waals surface area contributed by atoms with Crippen molar-refractivity contribution >= 4 is 21.8 Å². The highest BCUT2D eigenvalue weighted by Gasteiger charge is 2.24. The molecule has 1 amide bonds. The lowest BCUT2D eigenvalue weighted by atomic mass is 9.96. The van der Waals surface area contributed by atoms with Crippen molar-refractivity contribution in [3.05, 3.63) is 33.9 Å². The van der Waals surface area contributed by atoms with Gasteiger partial charge in [0.05, 0.1) is 16.9 Å². The molecule has 1 aliphatic rings. The summed E-state index contributed by atoms with van der Waals surface area (Å²) in [4.78, 5) is 13.4. The number of aryl methyl sites for hydroxylation is 1. The number of hydrogen-bond acceptors (Lipinski definition) is 4. The molecule has 0 aromatic carbocycles. The standard InChI is InChI=1S/C11H11BrN4O2/c12-7-5-13-16(6-7)14-11(17)10-8-3-1-2-4-9(8)18-15-10/h5-6H,1-4H2,(H,14,17). The summed E-state index contributed by atoms with van der Waals surface area (Å²) in [5, 5.41) is 7.82. The maximum absolute atomic E-state index is 12.0. The third-order valence-corrected chi connectivity index (χ3v) is 3.34. The zero-order valence-corrected chi connectivity index (χ0v) is 11.1. The maximum atomic E-state index is 12.0. The first-order valence-electron chi connectivity index (χ1n) is 5.73. The topological polar surface area (TPSA) is 73.0 Å². The molecular weight excluding hydrogens is 300 g/mol. The van der Waals surface area contributed by atoms with Crippen molar-refractivity contribution in [3.8, 4) is 0 Å². The molecule has 0 saturated carbocycles. The molecule has 0 aliphatic heterocycles. The first-order chi connectivity index (χ1) is 8.74. The second kappa shape index (κ2) is 4.56. The van der Waals surface area contributed by atoms with E-state index in [0.29, 0.717) is 5.69 Å². The minimum atomic E-state index is -0.294. The molecule has 18 heavy (non-hydrogen) atoms. The third-order valence-electron chi connectivity index (χ3n) is 2.93. The first kappa shape index (κ1) is 11.5. The molecular formula is C11H11BrN4O2. The highest BCUT2D eigenvalue weighted by atomic mass is 79.9. The van der Waals surface area contributed by atoms with Gasteiger partial charge in [-0.3, -0.25) is 4.79 Å². The minimum absolute atomic E-state index is 0.294. The third kappa shape index (κ3) is 2.05. The smallest absolute Gasteiger partial charge is 0.293 e. The molecule has 1 aliphatic carbocycles. The maximum Gasteiger partial charge on any atom is 0.293 e. The number of carbonyl (C=O) groups excluding carboxylic acids is 1. The summed E-state index contributed by atoms with van der Waals surface area (Å²) >= 11 is 3.26. The van der Waals surface area contributed by atoms with E-state index in [4.69, 9.17) is 4.52 Å². The molecule has 0 radical (unpaired) electrons. The van der Waals surface area contributed by atoms with Crippen LogP contribution in [-0.4, -0.2) is 21.0 Å². The van der Waals surface area contributed by atoms with Crippen LogP contribution in [-0.2, 0) is 12.8 Å². The molecule has 2 aromatic rings. The van der Waals surface area contributed by atoms with Crippen LogP contribution in [0, 0.1) is 0 Å². The van der Waals surface area contributed by atoms with Crippen LogP contribution in [0.2, 0.25) is 0 Å². The van der Waals surface area contributed by atoms with Crippen LogP contribution in [0.3, 0.4) is 0 Å². The average Bonchev–Trinajstić information content (AvgIpc) is 2.95. The predicted octanol–water partition coefficient (Wildman–Crippen LogP) is 1.90. The summed E-state index contributed by atoms with van der Waals surface area (Å²) in [6.07, 6.45) is 7.13. The van der Waals surface area contributed by atoms with E-state index in [2.05, 4.69) is 31.6 Å². The van der Waals surface area contributed by atoms with Crippen LogP contribution in [0.5, 0.6) is 0 Å². The number of carbonyl (C=O) groups is 1. The lowest BCUT2D eigenvalue weighted by Crippen LogP contribution is -2.24. The molecule has 1 N–H and O–H groups in total. The summed E-state index contributed by atoms with van der Waals surface area (Å²) in [5.74, 6) is 0.547. The van der Waals surface area contributed by atoms with E-state index >= 15 is 0 Å². The predicted molar refractivity (Wildman–Crippen MR) is 66.8 cm³/mol. The molecule has 6 nitrogen and oxygen atoms in total. The van der Waals surface area contributed by atoms with Gasteiger partial charge in [0.1, 0.15) is 5.76 Å². The van der Waals surface area contributed by atoms with E-state index in [-0.39, 0.29) is 5.91 Å². The summed E-state index contributed by atoms with van der Waals surface area (Å²) in [6.45, 7) is 0. The van der Waals surface area contributed by atoms with Gasteiger partial charge in [0, 0.05) is 12.0 Å². The van der Waals surface area contributed by atoms with Gasteiger partial charge in [-0.1, -0.05) is 5.16 Å². The minimum Gasteiger partial charge on any atom is -0.360 e. The molecule has 0 atom stereocenters. The van der Waals surface area contributed by atoms with Gasteiger partial charge in [-0.05, 0) is 35.2 Å². The zero-order valence-electron chi connectivity index (χ0n) is 9.52. The number of hydrogen-bond donors (Lipinski definition) is 1. The number of nitrogens with one attached hydrogen (secondary N) is 1. The lowest BCUT2D eigenvalue weighted by Gasteiger charge is -2.09. The Labute approximate surface area is 111 Å². The first-order valence-corrected chi connectivity index (χ1v) is 6.52. The summed E-state index contributed by atoms with van der Waals surface area (Å²) in [6, 6.07) is 0. The Bertz CT molecular complexity index is 590. The number of nitrogens with zero attached hydrogens (tertiary/aromatic N) is 3. The Hall–Kier alpha value is -1.63. The van der Waals surface area contributed by atoms with E-state index < -0.39 is 0 Å². The van der Waals surface area contributed by atoms with Crippen LogP contribution in [0.1, 0.15) is 34.7 Å². The Balaban J connectivity index is 1.82. The fourth-order valence-corrected chi connectivity index (χ4v) is 2.37. The molecule has 0 saturated heterocycles. The largest absolute Gasteiger partial charge is 0.360 e. The highest BCUT2D eigenvalue weighted by Crippen LogP contribution is 2.24. The molecule has 0 bridgehead atoms. The Morgan fingerprint density at radius 1 is 1.44 bits per heavy atom. The summed E-state index contributed by atoms with van der Waals surface area (Å²) in [7, 11) is 0. The number of halogens is 1. The molecule has 7 heteroatoms. The van der Waals surface area contributed by atoms with E-state index in [9.17, 15) is 4.79 Å². The lowest BCUT2D eigenvalue weighted by molar-refractivity contribution is 0.0996. The van der Waals surface area contributed by atoms with Gasteiger partial charge in [0.2, 0.25) is 0 Å². The van der Waals surface area contributed by atoms with Gasteiger partial charge >= 0.3 is 0 Å². The van der Waals surface area contributed by atoms with Crippen LogP contribution in [0.4, 0.5) is 0 Å². The van der Waals surface area contributed by atoms with Crippen molar-refractivity contribution in [3.63, 3.8) is 0 Å². The van der Waals surface area contributed by atoms with E-state index in [1.807, 2.05) is 0 Å². The normalized spacial score (nSPS) is 14.3. The quantitative estimate of drug-likeness (QED) is 0.919. The molecule has 3 rings (SSSR count). The Kier molecular flexibility index (Phi) is 2.91. The summed E-state index contributed by atoms with van der Waals surface area (Å²) in [5.41, 5.74) is 3.94. The van der Waals surface area contributed by atoms with Crippen LogP contribution < -0.4 is 5.43 Å². The van der Waals surface area contributed by atoms with Crippen molar-refractivity contribution in [1.82, 2.24) is 15.0 Å². The Morgan fingerprint density at radius 2 is 2.28 bits per heavy atom. The van der Waals surface area contributed by atoms with Gasteiger partial charge in [-0.15, -0.1) is 0 Å². The second-order valence-electron chi connectivity index (χ2n) is 4.18. The van der Waals surface area contributed by atoms with E-state index in [1.54, 1.807) is 12.4 Å². The zero-order chi connectivity index (χ0) is 12.5. The van der Waals surface area contributed by atoms with Crippen molar-refractivity contribution in [2.75, 3.05) is 5.43 Å². The molecule has 0 fully saturated rings. The number of fused-ring (bicyclic) bond motifs is 1. The highest BCUT2D eigenvalue weighted by molar-refractivity contribution is 9.10. The Morgan fingerprint density at radius 3 is 3.06 bits per heavy atom.